The highest BCUT2D eigenvalue weighted by atomic mass is 16.5. The molecule has 0 radical (unpaired) electrons. The topological polar surface area (TPSA) is 95.7 Å². The number of hydrogen-bond acceptors (Lipinski definition) is 7. The summed E-state index contributed by atoms with van der Waals surface area (Å²) in [4.78, 5) is 12.3. The number of hydrogen-bond donors (Lipinski definition) is 5. The Labute approximate surface area is 137 Å². The molecule has 0 aromatic carbocycles. The molecule has 23 heavy (non-hydrogen) atoms. The van der Waals surface area contributed by atoms with Crippen LogP contribution in [0.3, 0.4) is 0 Å². The van der Waals surface area contributed by atoms with Crippen molar-refractivity contribution in [3.05, 3.63) is 0 Å². The number of nitrogens with one attached hydrogen (secondary N) is 5. The highest BCUT2D eigenvalue weighted by molar-refractivity contribution is 5.82. The summed E-state index contributed by atoms with van der Waals surface area (Å²) in [6, 6.07) is 0.107. The average Bonchev–Trinajstić information content (AvgIpc) is 3.25. The van der Waals surface area contributed by atoms with Gasteiger partial charge in [0.05, 0.1) is 12.2 Å². The minimum absolute atomic E-state index is 0.0285. The number of rotatable bonds is 5. The third-order valence-electron chi connectivity index (χ3n) is 5.30. The average molecular weight is 327 g/mol. The Kier molecular flexibility index (Phi) is 5.84. The first kappa shape index (κ1) is 17.1. The molecule has 3 fully saturated rings. The Hall–Kier alpha value is -0.770. The Balaban J connectivity index is 1.48. The SMILES string of the molecule is COC1CCC(C2CC(C(=O)NC3NCCN3)NN2)CC1OC. The van der Waals surface area contributed by atoms with E-state index >= 15 is 0 Å². The summed E-state index contributed by atoms with van der Waals surface area (Å²) in [5, 5.41) is 9.35. The molecule has 3 rings (SSSR count). The maximum absolute atomic E-state index is 12.3. The number of amides is 1. The first-order valence-corrected chi connectivity index (χ1v) is 8.55. The molecule has 1 aliphatic carbocycles. The van der Waals surface area contributed by atoms with E-state index in [1.54, 1.807) is 14.2 Å². The lowest BCUT2D eigenvalue weighted by molar-refractivity contribution is -0.123. The van der Waals surface area contributed by atoms with E-state index < -0.39 is 0 Å². The monoisotopic (exact) mass is 327 g/mol. The molecule has 3 aliphatic rings. The second-order valence-electron chi connectivity index (χ2n) is 6.65. The van der Waals surface area contributed by atoms with Crippen molar-refractivity contribution in [2.75, 3.05) is 27.3 Å². The van der Waals surface area contributed by atoms with Crippen molar-refractivity contribution < 1.29 is 14.3 Å². The summed E-state index contributed by atoms with van der Waals surface area (Å²) < 4.78 is 11.1. The molecular weight excluding hydrogens is 298 g/mol. The van der Waals surface area contributed by atoms with Crippen LogP contribution in [0.2, 0.25) is 0 Å². The van der Waals surface area contributed by atoms with Gasteiger partial charge in [-0.1, -0.05) is 0 Å². The van der Waals surface area contributed by atoms with Crippen LogP contribution in [0.15, 0.2) is 0 Å². The Bertz CT molecular complexity index is 405. The minimum atomic E-state index is -0.189. The van der Waals surface area contributed by atoms with Crippen LogP contribution in [0.25, 0.3) is 0 Å². The van der Waals surface area contributed by atoms with Gasteiger partial charge in [0, 0.05) is 33.4 Å². The van der Waals surface area contributed by atoms with Crippen LogP contribution in [0, 0.1) is 5.92 Å². The number of carbonyl (C=O) groups excluding carboxylic acids is 1. The molecule has 8 heteroatoms. The second kappa shape index (κ2) is 7.87. The van der Waals surface area contributed by atoms with Gasteiger partial charge >= 0.3 is 0 Å². The largest absolute Gasteiger partial charge is 0.379 e. The van der Waals surface area contributed by atoms with Gasteiger partial charge in [0.15, 0.2) is 0 Å². The summed E-state index contributed by atoms with van der Waals surface area (Å²) in [6.45, 7) is 1.76. The highest BCUT2D eigenvalue weighted by Crippen LogP contribution is 2.32. The molecule has 5 N–H and O–H groups in total. The predicted molar refractivity (Wildman–Crippen MR) is 85.3 cm³/mol. The first-order valence-electron chi connectivity index (χ1n) is 8.55. The summed E-state index contributed by atoms with van der Waals surface area (Å²) in [6.07, 6.45) is 4.08. The van der Waals surface area contributed by atoms with E-state index in [2.05, 4.69) is 26.8 Å². The molecule has 1 saturated carbocycles. The zero-order valence-corrected chi connectivity index (χ0v) is 13.9. The Morgan fingerprint density at radius 3 is 2.43 bits per heavy atom. The fraction of sp³-hybridized carbons (Fsp3) is 0.933. The molecule has 5 atom stereocenters. The lowest BCUT2D eigenvalue weighted by atomic mass is 9.79. The smallest absolute Gasteiger partial charge is 0.240 e. The third-order valence-corrected chi connectivity index (χ3v) is 5.30. The van der Waals surface area contributed by atoms with Crippen molar-refractivity contribution in [3.8, 4) is 0 Å². The van der Waals surface area contributed by atoms with Gasteiger partial charge in [0.25, 0.3) is 0 Å². The Morgan fingerprint density at radius 2 is 1.74 bits per heavy atom. The lowest BCUT2D eigenvalue weighted by Crippen LogP contribution is -2.53. The van der Waals surface area contributed by atoms with Gasteiger partial charge in [-0.15, -0.1) is 0 Å². The van der Waals surface area contributed by atoms with Gasteiger partial charge in [0.1, 0.15) is 12.3 Å². The molecule has 0 aromatic heterocycles. The van der Waals surface area contributed by atoms with E-state index in [0.29, 0.717) is 12.0 Å². The van der Waals surface area contributed by atoms with Crippen LogP contribution >= 0.6 is 0 Å². The normalized spacial score (nSPS) is 38.8. The number of ether oxygens (including phenoxy) is 2. The summed E-state index contributed by atoms with van der Waals surface area (Å²) in [5.74, 6) is 0.528. The molecule has 2 saturated heterocycles. The zero-order valence-electron chi connectivity index (χ0n) is 13.9. The first-order chi connectivity index (χ1) is 11.2. The molecule has 132 valence electrons. The van der Waals surface area contributed by atoms with Crippen molar-refractivity contribution in [2.45, 2.75) is 56.3 Å². The maximum Gasteiger partial charge on any atom is 0.240 e. The number of hydrazine groups is 1. The lowest BCUT2D eigenvalue weighted by Gasteiger charge is -2.36. The fourth-order valence-corrected chi connectivity index (χ4v) is 3.93. The van der Waals surface area contributed by atoms with E-state index in [1.807, 2.05) is 0 Å². The van der Waals surface area contributed by atoms with Gasteiger partial charge in [0.2, 0.25) is 5.91 Å². The molecular formula is C15H29N5O3. The van der Waals surface area contributed by atoms with Gasteiger partial charge < -0.3 is 14.8 Å². The zero-order chi connectivity index (χ0) is 16.2. The van der Waals surface area contributed by atoms with Crippen molar-refractivity contribution in [1.82, 2.24) is 26.8 Å². The van der Waals surface area contributed by atoms with E-state index in [9.17, 15) is 4.79 Å². The summed E-state index contributed by atoms with van der Waals surface area (Å²) in [7, 11) is 3.50. The van der Waals surface area contributed by atoms with Crippen molar-refractivity contribution in [1.29, 1.82) is 0 Å². The predicted octanol–water partition coefficient (Wildman–Crippen LogP) is -1.36. The van der Waals surface area contributed by atoms with Gasteiger partial charge in [-0.2, -0.15) is 0 Å². The molecule has 0 bridgehead atoms. The molecule has 0 spiro atoms. The molecule has 8 nitrogen and oxygen atoms in total. The third kappa shape index (κ3) is 4.01. The van der Waals surface area contributed by atoms with Crippen LogP contribution in [-0.4, -0.2) is 63.8 Å². The fourth-order valence-electron chi connectivity index (χ4n) is 3.93. The van der Waals surface area contributed by atoms with E-state index in [4.69, 9.17) is 9.47 Å². The van der Waals surface area contributed by atoms with Crippen LogP contribution in [0.4, 0.5) is 0 Å². The molecule has 5 unspecified atom stereocenters. The van der Waals surface area contributed by atoms with E-state index in [0.717, 1.165) is 38.8 Å². The van der Waals surface area contributed by atoms with Crippen LogP contribution in [0.1, 0.15) is 25.7 Å². The quantitative estimate of drug-likeness (QED) is 0.426. The van der Waals surface area contributed by atoms with Gasteiger partial charge in [-0.25, -0.2) is 5.43 Å². The molecule has 1 amide bonds. The Morgan fingerprint density at radius 1 is 1.00 bits per heavy atom. The van der Waals surface area contributed by atoms with E-state index in [1.165, 1.54) is 0 Å². The highest BCUT2D eigenvalue weighted by Gasteiger charge is 2.39. The van der Waals surface area contributed by atoms with Gasteiger partial charge in [-0.3, -0.25) is 20.9 Å². The van der Waals surface area contributed by atoms with E-state index in [-0.39, 0.29) is 30.4 Å². The van der Waals surface area contributed by atoms with Crippen molar-refractivity contribution in [2.24, 2.45) is 5.92 Å². The van der Waals surface area contributed by atoms with Crippen LogP contribution < -0.4 is 26.8 Å². The van der Waals surface area contributed by atoms with Crippen LogP contribution in [0.5, 0.6) is 0 Å². The minimum Gasteiger partial charge on any atom is -0.379 e. The van der Waals surface area contributed by atoms with Crippen molar-refractivity contribution in [3.63, 3.8) is 0 Å². The molecule has 0 aromatic rings. The maximum atomic E-state index is 12.3. The van der Waals surface area contributed by atoms with Crippen LogP contribution in [-0.2, 0) is 14.3 Å². The summed E-state index contributed by atoms with van der Waals surface area (Å²) >= 11 is 0. The van der Waals surface area contributed by atoms with Crippen molar-refractivity contribution >= 4 is 5.91 Å². The second-order valence-corrected chi connectivity index (χ2v) is 6.65. The summed E-state index contributed by atoms with van der Waals surface area (Å²) in [5.41, 5.74) is 6.46. The van der Waals surface area contributed by atoms with Gasteiger partial charge in [-0.05, 0) is 31.6 Å². The molecule has 2 aliphatic heterocycles. The standard InChI is InChI=1S/C15H29N5O3/c1-22-12-4-3-9(7-13(12)23-2)10-8-11(20-19-10)14(21)18-15-16-5-6-17-15/h9-13,15-17,19-20H,3-8H2,1-2H3,(H,18,21). The number of carbonyl (C=O) groups is 1. The number of methoxy groups -OCH3 is 2. The molecule has 2 heterocycles.